The highest BCUT2D eigenvalue weighted by molar-refractivity contribution is 6.34. The Kier molecular flexibility index (Phi) is 7.76. The van der Waals surface area contributed by atoms with Crippen LogP contribution in [0.2, 0.25) is 5.02 Å². The Labute approximate surface area is 223 Å². The number of carbonyl (C=O) groups excluding carboxylic acids is 1. The van der Waals surface area contributed by atoms with Crippen LogP contribution in [0.1, 0.15) is 42.1 Å². The highest BCUT2D eigenvalue weighted by Gasteiger charge is 2.23. The molecule has 5 rings (SSSR count). The van der Waals surface area contributed by atoms with Gasteiger partial charge in [-0.25, -0.2) is 4.98 Å². The molecule has 2 aliphatic rings. The van der Waals surface area contributed by atoms with Crippen LogP contribution < -0.4 is 20.9 Å². The summed E-state index contributed by atoms with van der Waals surface area (Å²) in [5, 5.41) is 10.2. The van der Waals surface area contributed by atoms with Gasteiger partial charge in [-0.3, -0.25) is 4.79 Å². The molecule has 1 aromatic heterocycles. The molecule has 194 valence electrons. The van der Waals surface area contributed by atoms with Crippen LogP contribution in [-0.4, -0.2) is 59.5 Å². The quantitative estimate of drug-likeness (QED) is 0.360. The molecule has 2 heterocycles. The maximum Gasteiger partial charge on any atom is 0.261 e. The minimum absolute atomic E-state index is 0.294. The summed E-state index contributed by atoms with van der Waals surface area (Å²) in [7, 11) is 0. The van der Waals surface area contributed by atoms with Crippen molar-refractivity contribution in [3.63, 3.8) is 0 Å². The second-order valence-electron chi connectivity index (χ2n) is 9.71. The summed E-state index contributed by atoms with van der Waals surface area (Å²) < 4.78 is 0. The van der Waals surface area contributed by atoms with E-state index in [0.717, 1.165) is 56.8 Å². The molecule has 0 radical (unpaired) electrons. The Morgan fingerprint density at radius 2 is 1.84 bits per heavy atom. The van der Waals surface area contributed by atoms with Gasteiger partial charge in [0.05, 0.1) is 10.7 Å². The summed E-state index contributed by atoms with van der Waals surface area (Å²) in [6, 6.07) is 14.2. The summed E-state index contributed by atoms with van der Waals surface area (Å²) in [5.41, 5.74) is 4.00. The number of aryl methyl sites for hydroxylation is 1. The van der Waals surface area contributed by atoms with E-state index < -0.39 is 0 Å². The van der Waals surface area contributed by atoms with Crippen LogP contribution in [0.3, 0.4) is 0 Å². The van der Waals surface area contributed by atoms with E-state index in [9.17, 15) is 4.79 Å². The van der Waals surface area contributed by atoms with Gasteiger partial charge >= 0.3 is 0 Å². The van der Waals surface area contributed by atoms with Gasteiger partial charge in [0.25, 0.3) is 5.91 Å². The highest BCUT2D eigenvalue weighted by atomic mass is 35.5. The molecule has 0 spiro atoms. The molecular formula is C28H34ClN7O. The van der Waals surface area contributed by atoms with Crippen molar-refractivity contribution >= 4 is 46.3 Å². The van der Waals surface area contributed by atoms with Crippen LogP contribution in [-0.2, 0) is 0 Å². The topological polar surface area (TPSA) is 85.4 Å². The molecular weight excluding hydrogens is 486 g/mol. The number of piperazine rings is 1. The Balaban J connectivity index is 1.31. The fourth-order valence-corrected chi connectivity index (χ4v) is 4.91. The zero-order valence-corrected chi connectivity index (χ0v) is 22.2. The summed E-state index contributed by atoms with van der Waals surface area (Å²) in [6.45, 7) is 9.50. The van der Waals surface area contributed by atoms with Crippen molar-refractivity contribution in [2.75, 3.05) is 53.6 Å². The molecule has 3 N–H and O–H groups in total. The maximum absolute atomic E-state index is 13.2. The van der Waals surface area contributed by atoms with E-state index in [-0.39, 0.29) is 5.91 Å². The van der Waals surface area contributed by atoms with Crippen molar-refractivity contribution in [2.45, 2.75) is 39.2 Å². The minimum Gasteiger partial charge on any atom is -0.369 e. The third kappa shape index (κ3) is 5.97. The van der Waals surface area contributed by atoms with E-state index in [0.29, 0.717) is 34.1 Å². The zero-order chi connectivity index (χ0) is 25.8. The smallest absolute Gasteiger partial charge is 0.261 e. The lowest BCUT2D eigenvalue weighted by atomic mass is 9.93. The van der Waals surface area contributed by atoms with Crippen molar-refractivity contribution in [3.8, 4) is 0 Å². The van der Waals surface area contributed by atoms with E-state index in [4.69, 9.17) is 11.6 Å². The van der Waals surface area contributed by atoms with Crippen molar-refractivity contribution in [1.82, 2.24) is 14.9 Å². The van der Waals surface area contributed by atoms with Crippen molar-refractivity contribution < 1.29 is 4.79 Å². The number of carbonyl (C=O) groups is 1. The summed E-state index contributed by atoms with van der Waals surface area (Å²) in [4.78, 5) is 27.2. The van der Waals surface area contributed by atoms with Gasteiger partial charge in [0.2, 0.25) is 5.95 Å². The van der Waals surface area contributed by atoms with Gasteiger partial charge in [-0.1, -0.05) is 30.7 Å². The molecule has 3 aromatic rings. The molecule has 0 bridgehead atoms. The Hall–Kier alpha value is -3.36. The van der Waals surface area contributed by atoms with E-state index in [1.165, 1.54) is 12.1 Å². The molecule has 37 heavy (non-hydrogen) atoms. The number of likely N-dealkylation sites (N-methyl/N-ethyl adjacent to an activating group) is 1. The first-order chi connectivity index (χ1) is 18.0. The van der Waals surface area contributed by atoms with Crippen LogP contribution in [0.4, 0.5) is 28.8 Å². The average Bonchev–Trinajstić information content (AvgIpc) is 2.89. The lowest BCUT2D eigenvalue weighted by molar-refractivity contribution is 0.102. The highest BCUT2D eigenvalue weighted by Crippen LogP contribution is 2.29. The molecule has 1 saturated carbocycles. The molecule has 1 amide bonds. The van der Waals surface area contributed by atoms with E-state index in [2.05, 4.69) is 54.8 Å². The average molecular weight is 520 g/mol. The number of benzene rings is 2. The minimum atomic E-state index is -0.294. The molecule has 1 aliphatic carbocycles. The maximum atomic E-state index is 13.2. The van der Waals surface area contributed by atoms with E-state index in [1.54, 1.807) is 12.3 Å². The first kappa shape index (κ1) is 25.3. The number of hydrogen-bond donors (Lipinski definition) is 3. The number of nitrogens with zero attached hydrogens (tertiary/aromatic N) is 4. The van der Waals surface area contributed by atoms with Gasteiger partial charge in [0, 0.05) is 49.8 Å². The predicted octanol–water partition coefficient (Wildman–Crippen LogP) is 5.54. The van der Waals surface area contributed by atoms with Gasteiger partial charge in [-0.2, -0.15) is 4.98 Å². The molecule has 0 atom stereocenters. The number of anilines is 5. The predicted molar refractivity (Wildman–Crippen MR) is 151 cm³/mol. The van der Waals surface area contributed by atoms with E-state index >= 15 is 0 Å². The van der Waals surface area contributed by atoms with Gasteiger partial charge in [-0.05, 0) is 68.6 Å². The number of nitrogens with one attached hydrogen (secondary N) is 3. The molecule has 8 nitrogen and oxygen atoms in total. The van der Waals surface area contributed by atoms with Gasteiger partial charge < -0.3 is 25.8 Å². The number of hydrogen-bond acceptors (Lipinski definition) is 7. The number of aromatic nitrogens is 2. The first-order valence-corrected chi connectivity index (χ1v) is 13.4. The fraction of sp³-hybridized carbons (Fsp3) is 0.393. The summed E-state index contributed by atoms with van der Waals surface area (Å²) >= 11 is 6.33. The number of halogens is 1. The second-order valence-corrected chi connectivity index (χ2v) is 10.1. The van der Waals surface area contributed by atoms with Crippen LogP contribution in [0.15, 0.2) is 48.7 Å². The molecule has 9 heteroatoms. The van der Waals surface area contributed by atoms with Crippen LogP contribution in [0, 0.1) is 6.92 Å². The Morgan fingerprint density at radius 3 is 2.49 bits per heavy atom. The van der Waals surface area contributed by atoms with Crippen LogP contribution >= 0.6 is 11.6 Å². The van der Waals surface area contributed by atoms with Gasteiger partial charge in [-0.15, -0.1) is 0 Å². The fourth-order valence-electron chi connectivity index (χ4n) is 4.64. The Bertz CT molecular complexity index is 1220. The standard InChI is InChI=1S/C28H34ClN7O/c1-3-35-14-16-36(17-15-35)22-12-10-21(11-13-22)32-28-30-18-23(26(34-28)31-20-7-5-8-20)27(37)33-25-19(2)6-4-9-24(25)29/h4,6,9-13,18,20H,3,5,7-8,14-17H2,1-2H3,(H,33,37)(H2,30,31,32,34). The SMILES string of the molecule is CCN1CCN(c2ccc(Nc3ncc(C(=O)Nc4c(C)cccc4Cl)c(NC4CCC4)n3)cc2)CC1. The molecule has 2 aromatic carbocycles. The number of amides is 1. The van der Waals surface area contributed by atoms with Crippen LogP contribution in [0.25, 0.3) is 0 Å². The second kappa shape index (κ2) is 11.4. The lowest BCUT2D eigenvalue weighted by Gasteiger charge is -2.35. The molecule has 0 unspecified atom stereocenters. The van der Waals surface area contributed by atoms with Crippen molar-refractivity contribution in [3.05, 3.63) is 64.8 Å². The number of para-hydroxylation sites is 1. The third-order valence-electron chi connectivity index (χ3n) is 7.25. The number of rotatable bonds is 8. The van der Waals surface area contributed by atoms with Crippen LogP contribution in [0.5, 0.6) is 0 Å². The van der Waals surface area contributed by atoms with Crippen molar-refractivity contribution in [1.29, 1.82) is 0 Å². The lowest BCUT2D eigenvalue weighted by Crippen LogP contribution is -2.46. The zero-order valence-electron chi connectivity index (χ0n) is 21.4. The molecule has 2 fully saturated rings. The van der Waals surface area contributed by atoms with Gasteiger partial charge in [0.15, 0.2) is 0 Å². The largest absolute Gasteiger partial charge is 0.369 e. The van der Waals surface area contributed by atoms with Crippen molar-refractivity contribution in [2.24, 2.45) is 0 Å². The van der Waals surface area contributed by atoms with E-state index in [1.807, 2.05) is 31.2 Å². The third-order valence-corrected chi connectivity index (χ3v) is 7.56. The molecule has 1 aliphatic heterocycles. The monoisotopic (exact) mass is 519 g/mol. The van der Waals surface area contributed by atoms with Gasteiger partial charge in [0.1, 0.15) is 11.4 Å². The Morgan fingerprint density at radius 1 is 1.08 bits per heavy atom. The molecule has 1 saturated heterocycles. The first-order valence-electron chi connectivity index (χ1n) is 13.0. The summed E-state index contributed by atoms with van der Waals surface area (Å²) in [5.74, 6) is 0.670. The normalized spacial score (nSPS) is 16.2. The summed E-state index contributed by atoms with van der Waals surface area (Å²) in [6.07, 6.45) is 4.87.